The van der Waals surface area contributed by atoms with Gasteiger partial charge in [-0.25, -0.2) is 4.79 Å². The van der Waals surface area contributed by atoms with Gasteiger partial charge in [0.1, 0.15) is 5.54 Å². The lowest BCUT2D eigenvalue weighted by Crippen LogP contribution is -2.59. The predicted molar refractivity (Wildman–Crippen MR) is 74.0 cm³/mol. The minimum atomic E-state index is -1.24. The number of halogens is 1. The van der Waals surface area contributed by atoms with Gasteiger partial charge in [0, 0.05) is 6.42 Å². The maximum Gasteiger partial charge on any atom is 0.373 e. The van der Waals surface area contributed by atoms with Crippen LogP contribution in [0.1, 0.15) is 25.7 Å². The molecule has 2 saturated carbocycles. The molecule has 0 aromatic rings. The molecule has 4 N–H and O–H groups in total. The van der Waals surface area contributed by atoms with E-state index in [-0.39, 0.29) is 48.8 Å². The predicted octanol–water partition coefficient (Wildman–Crippen LogP) is -1.08. The maximum absolute atomic E-state index is 12.1. The van der Waals surface area contributed by atoms with E-state index >= 15 is 0 Å². The average molecular weight is 335 g/mol. The molecule has 3 aliphatic rings. The van der Waals surface area contributed by atoms with Gasteiger partial charge in [-0.2, -0.15) is 9.59 Å². The molecule has 0 bridgehead atoms. The smallest absolute Gasteiger partial charge is 0.373 e. The summed E-state index contributed by atoms with van der Waals surface area (Å²) in [6.45, 7) is 0.798. The van der Waals surface area contributed by atoms with Crippen molar-refractivity contribution in [1.82, 2.24) is 10.6 Å². The number of fused-ring (bicyclic) bond motifs is 1. The lowest BCUT2D eigenvalue weighted by atomic mass is 9.92. The molecule has 3 rings (SSSR count). The minimum absolute atomic E-state index is 0. The van der Waals surface area contributed by atoms with Crippen LogP contribution in [0, 0.1) is 11.8 Å². The summed E-state index contributed by atoms with van der Waals surface area (Å²) in [5.41, 5.74) is -1.24. The molecule has 0 aromatic carbocycles. The van der Waals surface area contributed by atoms with E-state index < -0.39 is 17.6 Å². The topological polar surface area (TPSA) is 133 Å². The van der Waals surface area contributed by atoms with Crippen LogP contribution >= 0.6 is 12.4 Å². The Labute approximate surface area is 133 Å². The van der Waals surface area contributed by atoms with Gasteiger partial charge in [0.05, 0.1) is 12.1 Å². The van der Waals surface area contributed by atoms with Crippen LogP contribution in [0.2, 0.25) is 0 Å². The van der Waals surface area contributed by atoms with Crippen molar-refractivity contribution in [2.24, 2.45) is 11.8 Å². The summed E-state index contributed by atoms with van der Waals surface area (Å²) in [6, 6.07) is -0.281. The summed E-state index contributed by atoms with van der Waals surface area (Å²) >= 11 is 0. The van der Waals surface area contributed by atoms with Crippen LogP contribution < -0.4 is 10.6 Å². The van der Waals surface area contributed by atoms with Gasteiger partial charge in [-0.05, 0) is 37.6 Å². The number of aliphatic carboxylic acids is 1. The zero-order valence-electron chi connectivity index (χ0n) is 11.8. The zero-order chi connectivity index (χ0) is 15.6. The number of carbonyl (C=O) groups excluding carboxylic acids is 3. The summed E-state index contributed by atoms with van der Waals surface area (Å²) in [6.07, 6.45) is 2.18. The molecule has 1 amide bonds. The van der Waals surface area contributed by atoms with Crippen molar-refractivity contribution in [2.75, 3.05) is 6.54 Å². The monoisotopic (exact) mass is 334 g/mol. The summed E-state index contributed by atoms with van der Waals surface area (Å²) in [5.74, 6) is -1.30. The summed E-state index contributed by atoms with van der Waals surface area (Å²) < 4.78 is 0. The van der Waals surface area contributed by atoms with Crippen molar-refractivity contribution in [3.63, 3.8) is 0 Å². The van der Waals surface area contributed by atoms with E-state index in [0.717, 1.165) is 19.4 Å². The summed E-state index contributed by atoms with van der Waals surface area (Å²) in [5, 5.41) is 24.9. The number of hydrogen-bond acceptors (Lipinski definition) is 6. The highest BCUT2D eigenvalue weighted by molar-refractivity contribution is 5.91. The third-order valence-corrected chi connectivity index (χ3v) is 4.60. The number of carboxylic acids is 1. The molecule has 1 aliphatic heterocycles. The third-order valence-electron chi connectivity index (χ3n) is 4.60. The Morgan fingerprint density at radius 2 is 1.95 bits per heavy atom. The fourth-order valence-electron chi connectivity index (χ4n) is 3.50. The molecule has 9 heteroatoms. The summed E-state index contributed by atoms with van der Waals surface area (Å²) in [7, 11) is 0. The molecule has 0 aromatic heterocycles. The van der Waals surface area contributed by atoms with E-state index in [9.17, 15) is 19.8 Å². The van der Waals surface area contributed by atoms with Gasteiger partial charge in [0.15, 0.2) is 0 Å². The minimum Gasteiger partial charge on any atom is -0.479 e. The maximum atomic E-state index is 12.1. The first kappa shape index (κ1) is 18.6. The second kappa shape index (κ2) is 7.19. The molecule has 0 spiro atoms. The highest BCUT2D eigenvalue weighted by Crippen LogP contribution is 2.57. The Morgan fingerprint density at radius 3 is 2.32 bits per heavy atom. The van der Waals surface area contributed by atoms with Crippen LogP contribution in [0.4, 0.5) is 0 Å². The van der Waals surface area contributed by atoms with Crippen molar-refractivity contribution in [3.8, 4) is 0 Å². The van der Waals surface area contributed by atoms with Gasteiger partial charge in [-0.1, -0.05) is 0 Å². The zero-order valence-corrected chi connectivity index (χ0v) is 12.6. The van der Waals surface area contributed by atoms with Crippen molar-refractivity contribution in [3.05, 3.63) is 0 Å². The molecular formula is C13H19ClN2O6. The number of amides is 1. The van der Waals surface area contributed by atoms with E-state index in [1.54, 1.807) is 0 Å². The SMILES string of the molecule is Cl.O=C(N[C@@]1(C(=O)O)C[C@H](O)[C@H]2C[C@H]21)C1CCCN1.O=C=O. The number of rotatable bonds is 3. The van der Waals surface area contributed by atoms with Crippen LogP contribution in [0.3, 0.4) is 0 Å². The average Bonchev–Trinajstić information content (AvgIpc) is 2.93. The lowest BCUT2D eigenvalue weighted by molar-refractivity contribution is -0.191. The third kappa shape index (κ3) is 3.30. The van der Waals surface area contributed by atoms with Crippen molar-refractivity contribution in [1.29, 1.82) is 0 Å². The number of aliphatic hydroxyl groups excluding tert-OH is 1. The summed E-state index contributed by atoms with van der Waals surface area (Å²) in [4.78, 5) is 39.8. The Balaban J connectivity index is 0.000000562. The number of carbonyl (C=O) groups is 2. The Morgan fingerprint density at radius 1 is 1.32 bits per heavy atom. The molecule has 1 heterocycles. The highest BCUT2D eigenvalue weighted by atomic mass is 35.5. The van der Waals surface area contributed by atoms with E-state index in [4.69, 9.17) is 9.59 Å². The largest absolute Gasteiger partial charge is 0.479 e. The van der Waals surface area contributed by atoms with E-state index in [2.05, 4.69) is 10.6 Å². The fourth-order valence-corrected chi connectivity index (χ4v) is 3.50. The first-order chi connectivity index (χ1) is 9.96. The quantitative estimate of drug-likeness (QED) is 0.516. The lowest BCUT2D eigenvalue weighted by Gasteiger charge is -2.29. The highest BCUT2D eigenvalue weighted by Gasteiger charge is 2.67. The van der Waals surface area contributed by atoms with Crippen LogP contribution in [0.5, 0.6) is 0 Å². The Kier molecular flexibility index (Phi) is 6.08. The molecule has 3 fully saturated rings. The van der Waals surface area contributed by atoms with Crippen molar-refractivity contribution < 1.29 is 29.4 Å². The van der Waals surface area contributed by atoms with Crippen LogP contribution in [-0.2, 0) is 19.2 Å². The second-order valence-electron chi connectivity index (χ2n) is 5.78. The molecular weight excluding hydrogens is 316 g/mol. The van der Waals surface area contributed by atoms with E-state index in [0.29, 0.717) is 6.42 Å². The molecule has 1 unspecified atom stereocenters. The normalized spacial score (nSPS) is 37.7. The van der Waals surface area contributed by atoms with Crippen LogP contribution in [0.15, 0.2) is 0 Å². The molecule has 2 aliphatic carbocycles. The van der Waals surface area contributed by atoms with Crippen LogP contribution in [0.25, 0.3) is 0 Å². The van der Waals surface area contributed by atoms with E-state index in [1.807, 2.05) is 0 Å². The first-order valence-corrected chi connectivity index (χ1v) is 6.92. The number of carboxylic acid groups (broad SMARTS) is 1. The van der Waals surface area contributed by atoms with E-state index in [1.165, 1.54) is 0 Å². The molecule has 0 radical (unpaired) electrons. The Hall–Kier alpha value is -1.47. The molecule has 124 valence electrons. The van der Waals surface area contributed by atoms with Crippen LogP contribution in [-0.4, -0.2) is 52.5 Å². The van der Waals surface area contributed by atoms with Crippen molar-refractivity contribution >= 4 is 30.4 Å². The van der Waals surface area contributed by atoms with Gasteiger partial charge in [0.2, 0.25) is 5.91 Å². The molecule has 8 nitrogen and oxygen atoms in total. The standard InChI is InChI=1S/C12H18N2O4.CO2.ClH/c15-9-5-12(11(17)18,7-4-6(7)9)14-10(16)8-2-1-3-13-8;2-1-3;/h6-9,13,15H,1-5H2,(H,14,16)(H,17,18);;1H/t6-,7+,8?,9-,12-;;/m0../s1. The van der Waals surface area contributed by atoms with Crippen molar-refractivity contribution in [2.45, 2.75) is 43.4 Å². The fraction of sp³-hybridized carbons (Fsp3) is 0.769. The molecule has 1 saturated heterocycles. The van der Waals surface area contributed by atoms with Gasteiger partial charge < -0.3 is 20.8 Å². The second-order valence-corrected chi connectivity index (χ2v) is 5.78. The number of nitrogens with one attached hydrogen (secondary N) is 2. The van der Waals surface area contributed by atoms with Gasteiger partial charge in [-0.3, -0.25) is 4.79 Å². The molecule has 22 heavy (non-hydrogen) atoms. The van der Waals surface area contributed by atoms with Gasteiger partial charge >= 0.3 is 12.1 Å². The number of hydrogen-bond donors (Lipinski definition) is 4. The molecule has 5 atom stereocenters. The van der Waals surface area contributed by atoms with Gasteiger partial charge in [0.25, 0.3) is 0 Å². The van der Waals surface area contributed by atoms with Gasteiger partial charge in [-0.15, -0.1) is 12.4 Å². The Bertz CT molecular complexity index is 475. The first-order valence-electron chi connectivity index (χ1n) is 6.92. The number of aliphatic hydroxyl groups is 1.